The lowest BCUT2D eigenvalue weighted by molar-refractivity contribution is 0.124. The Balaban J connectivity index is 2.17. The maximum absolute atomic E-state index is 5.59. The highest BCUT2D eigenvalue weighted by Gasteiger charge is 2.13. The van der Waals surface area contributed by atoms with Crippen molar-refractivity contribution >= 4 is 21.4 Å². The SMILES string of the molecule is CCCNC(COCC)c1cc2ccccc2s1. The molecule has 2 rings (SSSR count). The smallest absolute Gasteiger partial charge is 0.0669 e. The van der Waals surface area contributed by atoms with Gasteiger partial charge in [-0.2, -0.15) is 0 Å². The van der Waals surface area contributed by atoms with Gasteiger partial charge in [0.25, 0.3) is 0 Å². The molecular formula is C15H21NOS. The number of ether oxygens (including phenoxy) is 1. The minimum Gasteiger partial charge on any atom is -0.380 e. The molecule has 18 heavy (non-hydrogen) atoms. The van der Waals surface area contributed by atoms with Gasteiger partial charge in [0.1, 0.15) is 0 Å². The van der Waals surface area contributed by atoms with Crippen molar-refractivity contribution in [1.82, 2.24) is 5.32 Å². The molecule has 1 aromatic heterocycles. The fraction of sp³-hybridized carbons (Fsp3) is 0.467. The third-order valence-electron chi connectivity index (χ3n) is 2.92. The molecule has 0 aliphatic heterocycles. The number of nitrogens with one attached hydrogen (secondary N) is 1. The fourth-order valence-corrected chi connectivity index (χ4v) is 3.09. The number of rotatable bonds is 7. The van der Waals surface area contributed by atoms with Crippen molar-refractivity contribution in [2.45, 2.75) is 26.3 Å². The Morgan fingerprint density at radius 2 is 2.11 bits per heavy atom. The van der Waals surface area contributed by atoms with E-state index in [0.717, 1.165) is 26.2 Å². The normalized spacial score (nSPS) is 13.0. The van der Waals surface area contributed by atoms with E-state index in [-0.39, 0.29) is 0 Å². The number of benzene rings is 1. The molecule has 1 atom stereocenters. The highest BCUT2D eigenvalue weighted by molar-refractivity contribution is 7.19. The highest BCUT2D eigenvalue weighted by Crippen LogP contribution is 2.29. The predicted molar refractivity (Wildman–Crippen MR) is 79.4 cm³/mol. The van der Waals surface area contributed by atoms with Gasteiger partial charge in [0.05, 0.1) is 12.6 Å². The van der Waals surface area contributed by atoms with Crippen LogP contribution in [0, 0.1) is 0 Å². The van der Waals surface area contributed by atoms with Crippen LogP contribution in [0.4, 0.5) is 0 Å². The molecular weight excluding hydrogens is 242 g/mol. The molecule has 1 unspecified atom stereocenters. The maximum atomic E-state index is 5.59. The summed E-state index contributed by atoms with van der Waals surface area (Å²) in [4.78, 5) is 1.37. The van der Waals surface area contributed by atoms with Crippen molar-refractivity contribution in [3.05, 3.63) is 35.2 Å². The molecule has 2 nitrogen and oxygen atoms in total. The molecule has 0 aliphatic carbocycles. The van der Waals surface area contributed by atoms with Crippen LogP contribution in [0.3, 0.4) is 0 Å². The molecule has 0 spiro atoms. The molecule has 3 heteroatoms. The molecule has 0 bridgehead atoms. The van der Waals surface area contributed by atoms with Crippen LogP contribution in [0.15, 0.2) is 30.3 Å². The lowest BCUT2D eigenvalue weighted by atomic mass is 10.2. The molecule has 0 aliphatic rings. The average Bonchev–Trinajstić information content (AvgIpc) is 2.82. The van der Waals surface area contributed by atoms with Gasteiger partial charge in [0.15, 0.2) is 0 Å². The Kier molecular flexibility index (Phi) is 5.17. The standard InChI is InChI=1S/C15H21NOS/c1-3-9-16-13(11-17-4-2)15-10-12-7-5-6-8-14(12)18-15/h5-8,10,13,16H,3-4,9,11H2,1-2H3. The molecule has 1 N–H and O–H groups in total. The van der Waals surface area contributed by atoms with Crippen LogP contribution in [0.2, 0.25) is 0 Å². The van der Waals surface area contributed by atoms with Crippen molar-refractivity contribution in [1.29, 1.82) is 0 Å². The summed E-state index contributed by atoms with van der Waals surface area (Å²) in [5.74, 6) is 0. The van der Waals surface area contributed by atoms with Gasteiger partial charge >= 0.3 is 0 Å². The molecule has 1 heterocycles. The van der Waals surface area contributed by atoms with Crippen molar-refractivity contribution in [3.63, 3.8) is 0 Å². The van der Waals surface area contributed by atoms with Gasteiger partial charge in [-0.05, 0) is 37.4 Å². The molecule has 0 fully saturated rings. The summed E-state index contributed by atoms with van der Waals surface area (Å²) in [5, 5.41) is 4.90. The molecule has 98 valence electrons. The summed E-state index contributed by atoms with van der Waals surface area (Å²) in [6.07, 6.45) is 1.15. The highest BCUT2D eigenvalue weighted by atomic mass is 32.1. The van der Waals surface area contributed by atoms with E-state index in [4.69, 9.17) is 4.74 Å². The largest absolute Gasteiger partial charge is 0.380 e. The van der Waals surface area contributed by atoms with Gasteiger partial charge in [-0.15, -0.1) is 11.3 Å². The van der Waals surface area contributed by atoms with Gasteiger partial charge in [-0.1, -0.05) is 25.1 Å². The number of thiophene rings is 1. The first-order valence-electron chi connectivity index (χ1n) is 6.64. The third-order valence-corrected chi connectivity index (χ3v) is 4.15. The Labute approximate surface area is 113 Å². The maximum Gasteiger partial charge on any atom is 0.0669 e. The van der Waals surface area contributed by atoms with E-state index in [1.807, 2.05) is 18.3 Å². The first kappa shape index (κ1) is 13.5. The lowest BCUT2D eigenvalue weighted by Gasteiger charge is -2.16. The predicted octanol–water partition coefficient (Wildman–Crippen LogP) is 3.98. The average molecular weight is 263 g/mol. The zero-order valence-corrected chi connectivity index (χ0v) is 11.9. The van der Waals surface area contributed by atoms with E-state index < -0.39 is 0 Å². The van der Waals surface area contributed by atoms with Crippen LogP contribution < -0.4 is 5.32 Å². The van der Waals surface area contributed by atoms with E-state index in [1.165, 1.54) is 15.0 Å². The van der Waals surface area contributed by atoms with Crippen LogP contribution >= 0.6 is 11.3 Å². The van der Waals surface area contributed by atoms with Crippen LogP contribution in [0.5, 0.6) is 0 Å². The van der Waals surface area contributed by atoms with Crippen LogP contribution in [-0.2, 0) is 4.74 Å². The lowest BCUT2D eigenvalue weighted by Crippen LogP contribution is -2.25. The van der Waals surface area contributed by atoms with Crippen molar-refractivity contribution in [2.75, 3.05) is 19.8 Å². The summed E-state index contributed by atoms with van der Waals surface area (Å²) >= 11 is 1.86. The second kappa shape index (κ2) is 6.88. The monoisotopic (exact) mass is 263 g/mol. The Bertz CT molecular complexity index is 439. The molecule has 0 saturated carbocycles. The third kappa shape index (κ3) is 3.31. The summed E-state index contributed by atoms with van der Waals surface area (Å²) in [7, 11) is 0. The summed E-state index contributed by atoms with van der Waals surface area (Å²) in [5.41, 5.74) is 0. The Morgan fingerprint density at radius 3 is 2.83 bits per heavy atom. The van der Waals surface area contributed by atoms with E-state index in [2.05, 4.69) is 42.6 Å². The van der Waals surface area contributed by atoms with E-state index in [1.54, 1.807) is 0 Å². The zero-order chi connectivity index (χ0) is 12.8. The topological polar surface area (TPSA) is 21.3 Å². The molecule has 0 saturated heterocycles. The zero-order valence-electron chi connectivity index (χ0n) is 11.1. The Morgan fingerprint density at radius 1 is 1.28 bits per heavy atom. The molecule has 0 amide bonds. The summed E-state index contributed by atoms with van der Waals surface area (Å²) in [6.45, 7) is 6.79. The summed E-state index contributed by atoms with van der Waals surface area (Å²) in [6, 6.07) is 11.2. The van der Waals surface area contributed by atoms with E-state index >= 15 is 0 Å². The van der Waals surface area contributed by atoms with Gasteiger partial charge in [-0.25, -0.2) is 0 Å². The quantitative estimate of drug-likeness (QED) is 0.816. The van der Waals surface area contributed by atoms with Crippen LogP contribution in [0.1, 0.15) is 31.2 Å². The van der Waals surface area contributed by atoms with Gasteiger partial charge < -0.3 is 10.1 Å². The van der Waals surface area contributed by atoms with Gasteiger partial charge in [0, 0.05) is 16.2 Å². The van der Waals surface area contributed by atoms with Crippen molar-refractivity contribution in [2.24, 2.45) is 0 Å². The fourth-order valence-electron chi connectivity index (χ4n) is 1.97. The minimum atomic E-state index is 0.322. The molecule has 2 aromatic rings. The first-order chi connectivity index (χ1) is 8.85. The number of hydrogen-bond acceptors (Lipinski definition) is 3. The summed E-state index contributed by atoms with van der Waals surface area (Å²) < 4.78 is 6.94. The Hall–Kier alpha value is -0.900. The molecule has 0 radical (unpaired) electrons. The van der Waals surface area contributed by atoms with Crippen molar-refractivity contribution < 1.29 is 4.74 Å². The van der Waals surface area contributed by atoms with Crippen LogP contribution in [-0.4, -0.2) is 19.8 Å². The molecule has 1 aromatic carbocycles. The number of fused-ring (bicyclic) bond motifs is 1. The number of hydrogen-bond donors (Lipinski definition) is 1. The van der Waals surface area contributed by atoms with E-state index in [9.17, 15) is 0 Å². The van der Waals surface area contributed by atoms with Crippen LogP contribution in [0.25, 0.3) is 10.1 Å². The van der Waals surface area contributed by atoms with E-state index in [0.29, 0.717) is 6.04 Å². The first-order valence-corrected chi connectivity index (χ1v) is 7.46. The van der Waals surface area contributed by atoms with Crippen molar-refractivity contribution in [3.8, 4) is 0 Å². The minimum absolute atomic E-state index is 0.322. The van der Waals surface area contributed by atoms with Gasteiger partial charge in [-0.3, -0.25) is 0 Å². The second-order valence-electron chi connectivity index (χ2n) is 4.35. The second-order valence-corrected chi connectivity index (χ2v) is 5.47. The van der Waals surface area contributed by atoms with Gasteiger partial charge in [0.2, 0.25) is 0 Å².